The van der Waals surface area contributed by atoms with Crippen LogP contribution in [0.3, 0.4) is 0 Å². The van der Waals surface area contributed by atoms with Crippen molar-refractivity contribution in [3.05, 3.63) is 23.8 Å². The molecule has 1 saturated heterocycles. The number of nitrogens with zero attached hydrogens (tertiary/aromatic N) is 1. The molecule has 0 N–H and O–H groups in total. The van der Waals surface area contributed by atoms with Gasteiger partial charge in [-0.2, -0.15) is 21.6 Å². The van der Waals surface area contributed by atoms with E-state index in [1.54, 1.807) is 18.2 Å². The minimum absolute atomic E-state index is 0.287. The number of hydrogen-bond acceptors (Lipinski definition) is 5. The fraction of sp³-hybridized carbons (Fsp3) is 0.400. The van der Waals surface area contributed by atoms with Crippen molar-refractivity contribution in [2.45, 2.75) is 5.51 Å². The maximum atomic E-state index is 12.2. The number of fused-ring (bicyclic) bond motifs is 4. The van der Waals surface area contributed by atoms with E-state index in [4.69, 9.17) is 0 Å². The number of alkyl halides is 3. The van der Waals surface area contributed by atoms with E-state index >= 15 is 0 Å². The van der Waals surface area contributed by atoms with E-state index < -0.39 is 45.2 Å². The molecule has 2 aliphatic carbocycles. The highest BCUT2D eigenvalue weighted by Gasteiger charge is 2.60. The molecule has 0 aromatic rings. The Bertz CT molecular complexity index is 677. The van der Waals surface area contributed by atoms with Crippen molar-refractivity contribution in [2.75, 3.05) is 0 Å². The molecule has 3 atom stereocenters. The molecule has 0 radical (unpaired) electrons. The topological polar surface area (TPSA) is 80.8 Å². The third-order valence-electron chi connectivity index (χ3n) is 3.44. The first-order chi connectivity index (χ1) is 9.13. The standard InChI is InChI=1S/C10H6F3NO5S/c11-10(12,13)20(17,18)19-14-8(15)6-4-1-2-5(3-4)7(6)9(14)16/h1-4,6-7H. The molecule has 3 rings (SSSR count). The lowest BCUT2D eigenvalue weighted by Gasteiger charge is -2.16. The Kier molecular flexibility index (Phi) is 2.46. The van der Waals surface area contributed by atoms with Crippen LogP contribution < -0.4 is 0 Å². The van der Waals surface area contributed by atoms with Crippen LogP contribution in [0.2, 0.25) is 0 Å². The quantitative estimate of drug-likeness (QED) is 0.548. The monoisotopic (exact) mass is 309 g/mol. The van der Waals surface area contributed by atoms with Crippen molar-refractivity contribution in [3.8, 4) is 0 Å². The fourth-order valence-corrected chi connectivity index (χ4v) is 3.03. The highest BCUT2D eigenvalue weighted by molar-refractivity contribution is 7.87. The fourth-order valence-electron chi connectivity index (χ4n) is 2.60. The average Bonchev–Trinajstić information content (AvgIpc) is 2.97. The number of hydroxylamine groups is 2. The summed E-state index contributed by atoms with van der Waals surface area (Å²) < 4.78 is 62.1. The predicted octanol–water partition coefficient (Wildman–Crippen LogP) is 0.495. The molecular weight excluding hydrogens is 303 g/mol. The van der Waals surface area contributed by atoms with Crippen LogP contribution in [0.25, 0.3) is 0 Å². The van der Waals surface area contributed by atoms with Crippen LogP contribution in [0.5, 0.6) is 0 Å². The Morgan fingerprint density at radius 1 is 1.20 bits per heavy atom. The van der Waals surface area contributed by atoms with Crippen LogP contribution in [0, 0.1) is 17.8 Å². The largest absolute Gasteiger partial charge is 0.525 e. The summed E-state index contributed by atoms with van der Waals surface area (Å²) in [5.41, 5.74) is -5.21. The maximum Gasteiger partial charge on any atom is 0.525 e. The number of hydrogen-bond donors (Lipinski definition) is 0. The van der Waals surface area contributed by atoms with Crippen LogP contribution >= 0.6 is 0 Å². The molecule has 2 amide bonds. The first-order valence-corrected chi connectivity index (χ1v) is 6.83. The molecule has 0 saturated carbocycles. The molecule has 20 heavy (non-hydrogen) atoms. The SMILES string of the molecule is O=C1C2C3=CC(C=C3)C2C(=O)N1OS(=O)(=O)C(F)(F)F. The minimum atomic E-state index is -6.05. The molecule has 1 heterocycles. The molecule has 2 bridgehead atoms. The molecular formula is C10H6F3NO5S. The van der Waals surface area contributed by atoms with Gasteiger partial charge in [-0.25, -0.2) is 0 Å². The number of carbonyl (C=O) groups excluding carboxylic acids is 2. The van der Waals surface area contributed by atoms with E-state index in [0.717, 1.165) is 0 Å². The van der Waals surface area contributed by atoms with E-state index in [-0.39, 0.29) is 5.06 Å². The normalized spacial score (nSPS) is 32.0. The van der Waals surface area contributed by atoms with Gasteiger partial charge in [0, 0.05) is 5.92 Å². The molecule has 3 aliphatic rings. The van der Waals surface area contributed by atoms with Crippen molar-refractivity contribution in [3.63, 3.8) is 0 Å². The molecule has 6 nitrogen and oxygen atoms in total. The zero-order valence-electron chi connectivity index (χ0n) is 9.49. The van der Waals surface area contributed by atoms with E-state index in [9.17, 15) is 31.2 Å². The van der Waals surface area contributed by atoms with E-state index in [2.05, 4.69) is 4.28 Å². The van der Waals surface area contributed by atoms with Crippen molar-refractivity contribution >= 4 is 21.9 Å². The minimum Gasteiger partial charge on any atom is -0.272 e. The van der Waals surface area contributed by atoms with Gasteiger partial charge in [0.05, 0.1) is 11.8 Å². The molecule has 1 aliphatic heterocycles. The Morgan fingerprint density at radius 2 is 1.85 bits per heavy atom. The first-order valence-electron chi connectivity index (χ1n) is 5.42. The molecule has 0 spiro atoms. The summed E-state index contributed by atoms with van der Waals surface area (Å²) >= 11 is 0. The Hall–Kier alpha value is -1.68. The Labute approximate surface area is 110 Å². The first kappa shape index (κ1) is 13.3. The molecule has 108 valence electrons. The smallest absolute Gasteiger partial charge is 0.272 e. The van der Waals surface area contributed by atoms with Crippen molar-refractivity contribution in [1.29, 1.82) is 0 Å². The van der Waals surface area contributed by atoms with Gasteiger partial charge >= 0.3 is 15.6 Å². The van der Waals surface area contributed by atoms with Gasteiger partial charge < -0.3 is 0 Å². The van der Waals surface area contributed by atoms with Crippen LogP contribution in [0.15, 0.2) is 23.8 Å². The summed E-state index contributed by atoms with van der Waals surface area (Å²) in [5, 5.41) is -0.287. The van der Waals surface area contributed by atoms with Crippen molar-refractivity contribution in [2.24, 2.45) is 17.8 Å². The van der Waals surface area contributed by atoms with Gasteiger partial charge in [-0.05, 0) is 5.57 Å². The average molecular weight is 309 g/mol. The molecule has 0 aromatic heterocycles. The number of allylic oxidation sites excluding steroid dienone is 3. The number of halogens is 3. The van der Waals surface area contributed by atoms with Gasteiger partial charge in [0.1, 0.15) is 0 Å². The third kappa shape index (κ3) is 1.57. The zero-order chi connectivity index (χ0) is 14.9. The van der Waals surface area contributed by atoms with E-state index in [1.165, 1.54) is 0 Å². The third-order valence-corrected chi connectivity index (χ3v) is 4.35. The van der Waals surface area contributed by atoms with Gasteiger partial charge in [-0.15, -0.1) is 9.35 Å². The number of imide groups is 1. The summed E-state index contributed by atoms with van der Waals surface area (Å²) in [7, 11) is -6.05. The Morgan fingerprint density at radius 3 is 2.40 bits per heavy atom. The maximum absolute atomic E-state index is 12.2. The van der Waals surface area contributed by atoms with E-state index in [1.807, 2.05) is 0 Å². The highest BCUT2D eigenvalue weighted by Crippen LogP contribution is 2.48. The van der Waals surface area contributed by atoms with E-state index in [0.29, 0.717) is 5.57 Å². The van der Waals surface area contributed by atoms with Gasteiger partial charge in [-0.1, -0.05) is 18.2 Å². The second kappa shape index (κ2) is 3.70. The van der Waals surface area contributed by atoms with Gasteiger partial charge in [-0.3, -0.25) is 9.59 Å². The second-order valence-corrected chi connectivity index (χ2v) is 6.07. The lowest BCUT2D eigenvalue weighted by atomic mass is 9.84. The highest BCUT2D eigenvalue weighted by atomic mass is 32.2. The Balaban J connectivity index is 1.90. The summed E-state index contributed by atoms with van der Waals surface area (Å²) in [6, 6.07) is 0. The molecule has 3 unspecified atom stereocenters. The summed E-state index contributed by atoms with van der Waals surface area (Å²) in [5.74, 6) is -4.44. The van der Waals surface area contributed by atoms with Crippen LogP contribution in [-0.2, 0) is 24.0 Å². The van der Waals surface area contributed by atoms with Crippen LogP contribution in [0.1, 0.15) is 0 Å². The second-order valence-electron chi connectivity index (χ2n) is 4.55. The van der Waals surface area contributed by atoms with Gasteiger partial charge in [0.25, 0.3) is 11.8 Å². The molecule has 10 heteroatoms. The summed E-state index contributed by atoms with van der Waals surface area (Å²) in [6.07, 6.45) is 4.86. The number of carbonyl (C=O) groups is 2. The van der Waals surface area contributed by atoms with Crippen molar-refractivity contribution in [1.82, 2.24) is 5.06 Å². The van der Waals surface area contributed by atoms with Crippen molar-refractivity contribution < 1.29 is 35.5 Å². The predicted molar refractivity (Wildman–Crippen MR) is 55.6 cm³/mol. The van der Waals surface area contributed by atoms with Gasteiger partial charge in [0.2, 0.25) is 0 Å². The summed E-state index contributed by atoms with van der Waals surface area (Å²) in [6.45, 7) is 0. The van der Waals surface area contributed by atoms with Crippen LogP contribution in [0.4, 0.5) is 13.2 Å². The lowest BCUT2D eigenvalue weighted by molar-refractivity contribution is -0.168. The van der Waals surface area contributed by atoms with Gasteiger partial charge in [0.15, 0.2) is 0 Å². The summed E-state index contributed by atoms with van der Waals surface area (Å²) in [4.78, 5) is 23.7. The number of rotatable bonds is 2. The lowest BCUT2D eigenvalue weighted by Crippen LogP contribution is -2.39. The number of amides is 2. The van der Waals surface area contributed by atoms with Crippen LogP contribution in [-0.4, -0.2) is 30.8 Å². The zero-order valence-corrected chi connectivity index (χ0v) is 10.3. The molecule has 1 fully saturated rings. The molecule has 0 aromatic carbocycles.